The SMILES string of the molecule is COC(=O)c1cccc2cc(OCCOCCOCCOCCOCCOCCO[Si](C)(C)C(C)(C)C)ccc12. The molecule has 9 nitrogen and oxygen atoms in total. The highest BCUT2D eigenvalue weighted by Crippen LogP contribution is 2.36. The van der Waals surface area contributed by atoms with Crippen LogP contribution in [0.1, 0.15) is 31.1 Å². The van der Waals surface area contributed by atoms with E-state index in [9.17, 15) is 4.79 Å². The predicted octanol–water partition coefficient (Wildman–Crippen LogP) is 5.11. The van der Waals surface area contributed by atoms with Gasteiger partial charge in [-0.2, -0.15) is 0 Å². The summed E-state index contributed by atoms with van der Waals surface area (Å²) in [6.07, 6.45) is 0. The van der Waals surface area contributed by atoms with Crippen LogP contribution in [0.25, 0.3) is 10.8 Å². The summed E-state index contributed by atoms with van der Waals surface area (Å²) in [4.78, 5) is 11.9. The van der Waals surface area contributed by atoms with Crippen molar-refractivity contribution >= 4 is 25.1 Å². The van der Waals surface area contributed by atoms with Gasteiger partial charge in [-0.15, -0.1) is 0 Å². The molecule has 0 fully saturated rings. The monoisotopic (exact) mass is 580 g/mol. The van der Waals surface area contributed by atoms with Crippen LogP contribution in [0.3, 0.4) is 0 Å². The summed E-state index contributed by atoms with van der Waals surface area (Å²) < 4.78 is 44.4. The number of hydrogen-bond acceptors (Lipinski definition) is 9. The van der Waals surface area contributed by atoms with Gasteiger partial charge >= 0.3 is 5.97 Å². The molecule has 2 rings (SSSR count). The molecular weight excluding hydrogens is 532 g/mol. The minimum atomic E-state index is -1.70. The molecule has 0 bridgehead atoms. The van der Waals surface area contributed by atoms with E-state index in [2.05, 4.69) is 33.9 Å². The Bertz CT molecular complexity index is 991. The van der Waals surface area contributed by atoms with Crippen molar-refractivity contribution in [3.05, 3.63) is 42.0 Å². The summed E-state index contributed by atoms with van der Waals surface area (Å²) in [6.45, 7) is 17.4. The van der Waals surface area contributed by atoms with E-state index >= 15 is 0 Å². The molecule has 0 aromatic heterocycles. The second-order valence-corrected chi connectivity index (χ2v) is 15.5. The van der Waals surface area contributed by atoms with Crippen molar-refractivity contribution in [3.63, 3.8) is 0 Å². The molecule has 0 heterocycles. The maximum Gasteiger partial charge on any atom is 0.338 e. The molecule has 0 amide bonds. The van der Waals surface area contributed by atoms with Crippen LogP contribution in [0.2, 0.25) is 18.1 Å². The highest BCUT2D eigenvalue weighted by molar-refractivity contribution is 6.74. The predicted molar refractivity (Wildman–Crippen MR) is 158 cm³/mol. The Morgan fingerprint density at radius 2 is 1.20 bits per heavy atom. The Labute approximate surface area is 240 Å². The molecular formula is C30H48O9Si. The van der Waals surface area contributed by atoms with Crippen molar-refractivity contribution in [2.45, 2.75) is 38.9 Å². The maximum absolute atomic E-state index is 11.9. The van der Waals surface area contributed by atoms with Crippen LogP contribution >= 0.6 is 0 Å². The first-order valence-electron chi connectivity index (χ1n) is 13.9. The van der Waals surface area contributed by atoms with E-state index in [4.69, 9.17) is 37.6 Å². The summed E-state index contributed by atoms with van der Waals surface area (Å²) in [5.74, 6) is 0.362. The zero-order valence-electron chi connectivity index (χ0n) is 25.1. The second kappa shape index (κ2) is 18.4. The van der Waals surface area contributed by atoms with Crippen LogP contribution in [0, 0.1) is 0 Å². The Morgan fingerprint density at radius 3 is 1.70 bits per heavy atom. The summed E-state index contributed by atoms with van der Waals surface area (Å²) >= 11 is 0. The van der Waals surface area contributed by atoms with E-state index in [1.807, 2.05) is 30.3 Å². The molecule has 0 aliphatic heterocycles. The highest BCUT2D eigenvalue weighted by atomic mass is 28.4. The number of hydrogen-bond donors (Lipinski definition) is 0. The van der Waals surface area contributed by atoms with Gasteiger partial charge in [0.2, 0.25) is 0 Å². The van der Waals surface area contributed by atoms with Crippen LogP contribution in [0.4, 0.5) is 0 Å². The van der Waals surface area contributed by atoms with Gasteiger partial charge in [-0.3, -0.25) is 0 Å². The molecule has 0 unspecified atom stereocenters. The van der Waals surface area contributed by atoms with Crippen molar-refractivity contribution in [1.29, 1.82) is 0 Å². The first-order chi connectivity index (χ1) is 19.2. The van der Waals surface area contributed by atoms with Crippen LogP contribution in [-0.2, 0) is 32.8 Å². The molecule has 0 spiro atoms. The topological polar surface area (TPSA) is 90.9 Å². The first-order valence-corrected chi connectivity index (χ1v) is 16.8. The number of esters is 1. The summed E-state index contributed by atoms with van der Waals surface area (Å²) in [5, 5.41) is 1.96. The van der Waals surface area contributed by atoms with Crippen molar-refractivity contribution in [2.24, 2.45) is 0 Å². The molecule has 0 atom stereocenters. The van der Waals surface area contributed by atoms with Crippen molar-refractivity contribution in [1.82, 2.24) is 0 Å². The average Bonchev–Trinajstić information content (AvgIpc) is 2.92. The van der Waals surface area contributed by atoms with E-state index < -0.39 is 8.32 Å². The Kier molecular flexibility index (Phi) is 15.7. The number of rotatable bonds is 21. The number of carbonyl (C=O) groups excluding carboxylic acids is 1. The largest absolute Gasteiger partial charge is 0.491 e. The fraction of sp³-hybridized carbons (Fsp3) is 0.633. The van der Waals surface area contributed by atoms with Gasteiger partial charge in [0.15, 0.2) is 8.32 Å². The summed E-state index contributed by atoms with van der Waals surface area (Å²) in [6, 6.07) is 11.1. The van der Waals surface area contributed by atoms with Gasteiger partial charge in [0.25, 0.3) is 0 Å². The molecule has 10 heteroatoms. The first kappa shape index (κ1) is 34.1. The van der Waals surface area contributed by atoms with E-state index in [0.29, 0.717) is 84.8 Å². The van der Waals surface area contributed by atoms with E-state index in [1.165, 1.54) is 7.11 Å². The van der Waals surface area contributed by atoms with Crippen molar-refractivity contribution in [3.8, 4) is 5.75 Å². The second-order valence-electron chi connectivity index (χ2n) is 10.7. The highest BCUT2D eigenvalue weighted by Gasteiger charge is 2.36. The maximum atomic E-state index is 11.9. The standard InChI is InChI=1S/C30H48O9Si/c1-30(2,3)40(5,6)39-23-21-37-19-17-35-15-13-33-12-14-34-16-18-36-20-22-38-26-10-11-27-25(24-26)8-7-9-28(27)29(31)32-4/h7-11,24H,12-23H2,1-6H3. The average molecular weight is 581 g/mol. The van der Waals surface area contributed by atoms with E-state index in [-0.39, 0.29) is 11.0 Å². The molecule has 0 N–H and O–H groups in total. The minimum absolute atomic E-state index is 0.215. The van der Waals surface area contributed by atoms with Gasteiger partial charge < -0.3 is 37.6 Å². The molecule has 0 radical (unpaired) electrons. The molecule has 0 saturated heterocycles. The molecule has 226 valence electrons. The van der Waals surface area contributed by atoms with E-state index in [1.54, 1.807) is 6.07 Å². The molecule has 0 aliphatic carbocycles. The van der Waals surface area contributed by atoms with Gasteiger partial charge in [0.05, 0.1) is 85.3 Å². The Morgan fingerprint density at radius 1 is 0.700 bits per heavy atom. The lowest BCUT2D eigenvalue weighted by Crippen LogP contribution is -2.41. The van der Waals surface area contributed by atoms with Crippen LogP contribution in [0.5, 0.6) is 5.75 Å². The number of benzene rings is 2. The number of fused-ring (bicyclic) bond motifs is 1. The van der Waals surface area contributed by atoms with Gasteiger partial charge in [0, 0.05) is 0 Å². The lowest BCUT2D eigenvalue weighted by Gasteiger charge is -2.36. The number of carbonyl (C=O) groups is 1. The molecule has 0 saturated carbocycles. The fourth-order valence-corrected chi connectivity index (χ4v) is 4.44. The van der Waals surface area contributed by atoms with Crippen molar-refractivity contribution in [2.75, 3.05) is 86.4 Å². The Balaban J connectivity index is 1.37. The van der Waals surface area contributed by atoms with Gasteiger partial charge in [-0.25, -0.2) is 4.79 Å². The third-order valence-corrected chi connectivity index (χ3v) is 11.3. The van der Waals surface area contributed by atoms with Crippen LogP contribution in [-0.4, -0.2) is 101 Å². The van der Waals surface area contributed by atoms with Gasteiger partial charge in [-0.05, 0) is 53.2 Å². The number of methoxy groups -OCH3 is 1. The van der Waals surface area contributed by atoms with Crippen LogP contribution < -0.4 is 4.74 Å². The van der Waals surface area contributed by atoms with E-state index in [0.717, 1.165) is 16.5 Å². The fourth-order valence-electron chi connectivity index (χ4n) is 3.41. The molecule has 0 aliphatic rings. The lowest BCUT2D eigenvalue weighted by molar-refractivity contribution is -0.0144. The third-order valence-electron chi connectivity index (χ3n) is 6.74. The van der Waals surface area contributed by atoms with Crippen LogP contribution in [0.15, 0.2) is 36.4 Å². The molecule has 40 heavy (non-hydrogen) atoms. The normalized spacial score (nSPS) is 12.2. The molecule has 2 aromatic carbocycles. The Hall–Kier alpha value is -2.05. The zero-order valence-corrected chi connectivity index (χ0v) is 26.1. The van der Waals surface area contributed by atoms with Gasteiger partial charge in [0.1, 0.15) is 12.4 Å². The minimum Gasteiger partial charge on any atom is -0.491 e. The van der Waals surface area contributed by atoms with Gasteiger partial charge in [-0.1, -0.05) is 32.9 Å². The molecule has 2 aromatic rings. The number of ether oxygens (including phenoxy) is 7. The quantitative estimate of drug-likeness (QED) is 0.113. The third kappa shape index (κ3) is 12.6. The zero-order chi connectivity index (χ0) is 29.3. The lowest BCUT2D eigenvalue weighted by atomic mass is 10.0. The van der Waals surface area contributed by atoms with Crippen molar-refractivity contribution < 1.29 is 42.4 Å². The smallest absolute Gasteiger partial charge is 0.338 e. The summed E-state index contributed by atoms with van der Waals surface area (Å²) in [5.41, 5.74) is 0.536. The summed E-state index contributed by atoms with van der Waals surface area (Å²) in [7, 11) is -0.323.